The summed E-state index contributed by atoms with van der Waals surface area (Å²) in [5, 5.41) is 0. The van der Waals surface area contributed by atoms with Gasteiger partial charge in [-0.05, 0) is 79.0 Å². The molecule has 1 nitrogen and oxygen atoms in total. The van der Waals surface area contributed by atoms with E-state index in [1.165, 1.54) is 61.6 Å². The molecule has 0 aromatic heterocycles. The minimum Gasteiger partial charge on any atom is -0.294 e. The standard InChI is InChI=1S/C30H42O.C2H6/c1-6-23(7-2)9-10-25-12-14-26(15-13-25)30(31)22(5)27-17-18-29(21(4)19-27)28-16-11-24(8-3)20-28;1-2/h12-15,17-19,22-24,28H,6-11,16,20H2,1-5H3;1-2H3. The van der Waals surface area contributed by atoms with E-state index in [1.54, 1.807) is 0 Å². The molecular weight excluding hydrogens is 400 g/mol. The molecule has 0 spiro atoms. The van der Waals surface area contributed by atoms with E-state index in [0.717, 1.165) is 29.4 Å². The molecule has 1 aliphatic carbocycles. The second-order valence-electron chi connectivity index (χ2n) is 9.90. The number of rotatable bonds is 10. The Kier molecular flexibility index (Phi) is 11.4. The Balaban J connectivity index is 0.00000187. The third-order valence-electron chi connectivity index (χ3n) is 7.98. The lowest BCUT2D eigenvalue weighted by molar-refractivity contribution is 0.0966. The van der Waals surface area contributed by atoms with Gasteiger partial charge in [0, 0.05) is 11.5 Å². The SMILES string of the molecule is CC.CCC(CC)CCc1ccc(C(=O)C(C)c2ccc(C3CCC(CC)C3)c(C)c2)cc1. The van der Waals surface area contributed by atoms with Crippen LogP contribution in [0.25, 0.3) is 0 Å². The first-order valence-electron chi connectivity index (χ1n) is 13.7. The van der Waals surface area contributed by atoms with Gasteiger partial charge in [-0.3, -0.25) is 4.79 Å². The average Bonchev–Trinajstić information content (AvgIpc) is 3.34. The summed E-state index contributed by atoms with van der Waals surface area (Å²) in [4.78, 5) is 13.1. The number of ketones is 1. The fraction of sp³-hybridized carbons (Fsp3) is 0.594. The van der Waals surface area contributed by atoms with Gasteiger partial charge in [0.05, 0.1) is 0 Å². The second-order valence-corrected chi connectivity index (χ2v) is 9.90. The Morgan fingerprint density at radius 2 is 1.64 bits per heavy atom. The van der Waals surface area contributed by atoms with Crippen LogP contribution in [0.3, 0.4) is 0 Å². The van der Waals surface area contributed by atoms with Crippen molar-refractivity contribution in [3.8, 4) is 0 Å². The molecule has 1 saturated carbocycles. The molecule has 0 aliphatic heterocycles. The van der Waals surface area contributed by atoms with Gasteiger partial charge in [-0.15, -0.1) is 0 Å². The van der Waals surface area contributed by atoms with Crippen molar-refractivity contribution in [1.82, 2.24) is 0 Å². The molecule has 3 rings (SSSR count). The number of benzene rings is 2. The molecule has 0 saturated heterocycles. The Morgan fingerprint density at radius 3 is 2.18 bits per heavy atom. The molecule has 1 heteroatoms. The molecule has 0 heterocycles. The van der Waals surface area contributed by atoms with Gasteiger partial charge in [-0.25, -0.2) is 0 Å². The Hall–Kier alpha value is -1.89. The van der Waals surface area contributed by atoms with Crippen molar-refractivity contribution in [2.24, 2.45) is 11.8 Å². The van der Waals surface area contributed by atoms with Crippen LogP contribution in [-0.2, 0) is 6.42 Å². The zero-order valence-corrected chi connectivity index (χ0v) is 22.4. The zero-order chi connectivity index (χ0) is 24.4. The summed E-state index contributed by atoms with van der Waals surface area (Å²) in [6.07, 6.45) is 10.2. The molecule has 1 fully saturated rings. The van der Waals surface area contributed by atoms with Crippen LogP contribution in [0, 0.1) is 18.8 Å². The van der Waals surface area contributed by atoms with Crippen molar-refractivity contribution in [3.63, 3.8) is 0 Å². The van der Waals surface area contributed by atoms with E-state index in [0.29, 0.717) is 5.92 Å². The first-order valence-corrected chi connectivity index (χ1v) is 13.7. The highest BCUT2D eigenvalue weighted by molar-refractivity contribution is 6.00. The number of hydrogen-bond acceptors (Lipinski definition) is 1. The highest BCUT2D eigenvalue weighted by Gasteiger charge is 2.26. The van der Waals surface area contributed by atoms with Gasteiger partial charge in [-0.2, -0.15) is 0 Å². The van der Waals surface area contributed by atoms with Crippen LogP contribution in [0.1, 0.15) is 131 Å². The van der Waals surface area contributed by atoms with E-state index >= 15 is 0 Å². The molecule has 0 amide bonds. The second kappa shape index (κ2) is 13.7. The van der Waals surface area contributed by atoms with Crippen LogP contribution in [0.4, 0.5) is 0 Å². The van der Waals surface area contributed by atoms with Crippen molar-refractivity contribution in [1.29, 1.82) is 0 Å². The minimum absolute atomic E-state index is 0.102. The molecule has 33 heavy (non-hydrogen) atoms. The fourth-order valence-electron chi connectivity index (χ4n) is 5.46. The fourth-order valence-corrected chi connectivity index (χ4v) is 5.46. The van der Waals surface area contributed by atoms with Gasteiger partial charge >= 0.3 is 0 Å². The summed E-state index contributed by atoms with van der Waals surface area (Å²) in [6.45, 7) is 15.2. The van der Waals surface area contributed by atoms with Gasteiger partial charge in [0.1, 0.15) is 0 Å². The summed E-state index contributed by atoms with van der Waals surface area (Å²) in [7, 11) is 0. The summed E-state index contributed by atoms with van der Waals surface area (Å²) in [5.74, 6) is 2.53. The predicted molar refractivity (Wildman–Crippen MR) is 144 cm³/mol. The number of carbonyl (C=O) groups is 1. The van der Waals surface area contributed by atoms with Crippen LogP contribution < -0.4 is 0 Å². The molecule has 1 aliphatic rings. The Labute approximate surface area is 204 Å². The highest BCUT2D eigenvalue weighted by Crippen LogP contribution is 2.41. The smallest absolute Gasteiger partial charge is 0.170 e. The number of aryl methyl sites for hydroxylation is 2. The maximum Gasteiger partial charge on any atom is 0.170 e. The maximum absolute atomic E-state index is 13.1. The van der Waals surface area contributed by atoms with Crippen LogP contribution in [-0.4, -0.2) is 5.78 Å². The lowest BCUT2D eigenvalue weighted by Gasteiger charge is -2.18. The molecule has 3 unspecified atom stereocenters. The third kappa shape index (κ3) is 7.29. The van der Waals surface area contributed by atoms with Crippen molar-refractivity contribution in [2.75, 3.05) is 0 Å². The molecule has 2 aromatic carbocycles. The van der Waals surface area contributed by atoms with Gasteiger partial charge < -0.3 is 0 Å². The van der Waals surface area contributed by atoms with Crippen LogP contribution in [0.2, 0.25) is 0 Å². The molecule has 0 bridgehead atoms. The van der Waals surface area contributed by atoms with Crippen molar-refractivity contribution in [3.05, 3.63) is 70.3 Å². The van der Waals surface area contributed by atoms with E-state index in [2.05, 4.69) is 65.0 Å². The number of Topliss-reactive ketones (excluding diaryl/α,β-unsaturated/α-hetero) is 1. The molecule has 0 N–H and O–H groups in total. The summed E-state index contributed by atoms with van der Waals surface area (Å²) in [6, 6.07) is 15.1. The topological polar surface area (TPSA) is 17.1 Å². The quantitative estimate of drug-likeness (QED) is 0.331. The van der Waals surface area contributed by atoms with E-state index in [1.807, 2.05) is 26.0 Å². The zero-order valence-electron chi connectivity index (χ0n) is 22.4. The van der Waals surface area contributed by atoms with E-state index in [-0.39, 0.29) is 11.7 Å². The summed E-state index contributed by atoms with van der Waals surface area (Å²) < 4.78 is 0. The van der Waals surface area contributed by atoms with Crippen molar-refractivity contribution < 1.29 is 4.79 Å². The molecule has 3 atom stereocenters. The average molecular weight is 449 g/mol. The van der Waals surface area contributed by atoms with Crippen molar-refractivity contribution in [2.45, 2.75) is 112 Å². The highest BCUT2D eigenvalue weighted by atomic mass is 16.1. The van der Waals surface area contributed by atoms with Crippen LogP contribution >= 0.6 is 0 Å². The first kappa shape index (κ1) is 27.4. The van der Waals surface area contributed by atoms with Crippen LogP contribution in [0.5, 0.6) is 0 Å². The molecule has 0 radical (unpaired) electrons. The maximum atomic E-state index is 13.1. The predicted octanol–water partition coefficient (Wildman–Crippen LogP) is 9.67. The lowest BCUT2D eigenvalue weighted by Crippen LogP contribution is -2.10. The van der Waals surface area contributed by atoms with Crippen LogP contribution in [0.15, 0.2) is 42.5 Å². The van der Waals surface area contributed by atoms with Gasteiger partial charge in [0.25, 0.3) is 0 Å². The van der Waals surface area contributed by atoms with E-state index < -0.39 is 0 Å². The summed E-state index contributed by atoms with van der Waals surface area (Å²) >= 11 is 0. The monoisotopic (exact) mass is 448 g/mol. The van der Waals surface area contributed by atoms with Gasteiger partial charge in [-0.1, -0.05) is 103 Å². The van der Waals surface area contributed by atoms with E-state index in [9.17, 15) is 4.79 Å². The lowest BCUT2D eigenvalue weighted by atomic mass is 9.86. The van der Waals surface area contributed by atoms with Gasteiger partial charge in [0.15, 0.2) is 5.78 Å². The Morgan fingerprint density at radius 1 is 0.970 bits per heavy atom. The Bertz CT molecular complexity index is 843. The first-order chi connectivity index (χ1) is 16.0. The molecular formula is C32H48O. The molecule has 182 valence electrons. The van der Waals surface area contributed by atoms with Gasteiger partial charge in [0.2, 0.25) is 0 Å². The third-order valence-corrected chi connectivity index (χ3v) is 7.98. The number of hydrogen-bond donors (Lipinski definition) is 0. The molecule has 2 aromatic rings. The van der Waals surface area contributed by atoms with Crippen molar-refractivity contribution >= 4 is 5.78 Å². The number of carbonyl (C=O) groups excluding carboxylic acids is 1. The van der Waals surface area contributed by atoms with E-state index in [4.69, 9.17) is 0 Å². The minimum atomic E-state index is -0.102. The largest absolute Gasteiger partial charge is 0.294 e. The summed E-state index contributed by atoms with van der Waals surface area (Å²) in [5.41, 5.74) is 6.19. The normalized spacial score (nSPS) is 18.7.